The van der Waals surface area contributed by atoms with Crippen LogP contribution in [0.4, 0.5) is 5.13 Å². The molecule has 0 aliphatic carbocycles. The first-order valence-corrected chi connectivity index (χ1v) is 8.06. The van der Waals surface area contributed by atoms with Gasteiger partial charge in [0.15, 0.2) is 5.13 Å². The van der Waals surface area contributed by atoms with Gasteiger partial charge in [-0.15, -0.1) is 11.3 Å². The zero-order chi connectivity index (χ0) is 12.6. The maximum Gasteiger partial charge on any atom is 0.237 e. The molecule has 1 fully saturated rings. The number of hydrogen-bond donors (Lipinski definition) is 1. The van der Waals surface area contributed by atoms with Crippen molar-refractivity contribution in [2.45, 2.75) is 19.9 Å². The third-order valence-corrected chi connectivity index (χ3v) is 5.89. The van der Waals surface area contributed by atoms with Crippen LogP contribution in [0.3, 0.4) is 0 Å². The third-order valence-electron chi connectivity index (χ3n) is 2.91. The molecule has 1 aliphatic rings. The molecule has 1 aromatic rings. The van der Waals surface area contributed by atoms with Crippen molar-refractivity contribution in [2.75, 3.05) is 23.7 Å². The average Bonchev–Trinajstić information content (AvgIpc) is 2.81. The number of nitrogens with one attached hydrogen (secondary N) is 1. The van der Waals surface area contributed by atoms with Crippen molar-refractivity contribution in [2.24, 2.45) is 5.92 Å². The van der Waals surface area contributed by atoms with Gasteiger partial charge in [-0.2, -0.15) is 0 Å². The van der Waals surface area contributed by atoms with Crippen molar-refractivity contribution in [1.82, 2.24) is 10.3 Å². The van der Waals surface area contributed by atoms with Gasteiger partial charge < -0.3 is 5.32 Å². The Morgan fingerprint density at radius 3 is 2.88 bits per heavy atom. The molecule has 2 atom stereocenters. The Morgan fingerprint density at radius 2 is 2.35 bits per heavy atom. The van der Waals surface area contributed by atoms with E-state index in [-0.39, 0.29) is 17.7 Å². The standard InChI is InChI=1S/C10H17N3O2S2/c1-7-4-13(17(14,15)6-7)10-12-9(5-16-10)8(2)11-3/h5,7-8,11H,4,6H2,1-3H3. The van der Waals surface area contributed by atoms with Crippen molar-refractivity contribution < 1.29 is 8.42 Å². The Balaban J connectivity index is 2.27. The Bertz CT molecular complexity index is 497. The SMILES string of the molecule is CNC(C)c1csc(N2CC(C)CS2(=O)=O)n1. The molecule has 1 saturated heterocycles. The number of sulfonamides is 1. The predicted molar refractivity (Wildman–Crippen MR) is 69.9 cm³/mol. The van der Waals surface area contributed by atoms with Crippen LogP contribution in [0.2, 0.25) is 0 Å². The Hall–Kier alpha value is -0.660. The van der Waals surface area contributed by atoms with E-state index in [1.165, 1.54) is 15.6 Å². The predicted octanol–water partition coefficient (Wildman–Crippen LogP) is 1.21. The minimum Gasteiger partial charge on any atom is -0.312 e. The van der Waals surface area contributed by atoms with Crippen molar-refractivity contribution in [3.05, 3.63) is 11.1 Å². The summed E-state index contributed by atoms with van der Waals surface area (Å²) in [7, 11) is -1.29. The summed E-state index contributed by atoms with van der Waals surface area (Å²) >= 11 is 1.39. The molecule has 2 rings (SSSR count). The Labute approximate surface area is 106 Å². The smallest absolute Gasteiger partial charge is 0.237 e. The number of thiazole rings is 1. The second-order valence-corrected chi connectivity index (χ2v) is 7.25. The van der Waals surface area contributed by atoms with Gasteiger partial charge in [0.2, 0.25) is 10.0 Å². The van der Waals surface area contributed by atoms with Gasteiger partial charge >= 0.3 is 0 Å². The molecule has 1 N–H and O–H groups in total. The largest absolute Gasteiger partial charge is 0.312 e. The monoisotopic (exact) mass is 275 g/mol. The summed E-state index contributed by atoms with van der Waals surface area (Å²) in [5.74, 6) is 0.401. The van der Waals surface area contributed by atoms with Crippen molar-refractivity contribution >= 4 is 26.5 Å². The fourth-order valence-corrected chi connectivity index (χ4v) is 4.90. The lowest BCUT2D eigenvalue weighted by Crippen LogP contribution is -2.25. The molecule has 0 bridgehead atoms. The average molecular weight is 275 g/mol. The second kappa shape index (κ2) is 4.55. The number of rotatable bonds is 3. The van der Waals surface area contributed by atoms with E-state index in [1.807, 2.05) is 26.3 Å². The minimum atomic E-state index is -3.15. The first kappa shape index (κ1) is 12.8. The summed E-state index contributed by atoms with van der Waals surface area (Å²) in [5, 5.41) is 5.59. The molecule has 17 heavy (non-hydrogen) atoms. The van der Waals surface area contributed by atoms with E-state index in [0.717, 1.165) is 5.69 Å². The molecule has 0 spiro atoms. The molecule has 2 unspecified atom stereocenters. The van der Waals surface area contributed by atoms with E-state index in [9.17, 15) is 8.42 Å². The summed E-state index contributed by atoms with van der Waals surface area (Å²) < 4.78 is 25.2. The fraction of sp³-hybridized carbons (Fsp3) is 0.700. The first-order valence-electron chi connectivity index (χ1n) is 5.57. The minimum absolute atomic E-state index is 0.141. The van der Waals surface area contributed by atoms with Gasteiger partial charge in [-0.3, -0.25) is 0 Å². The molecule has 1 aromatic heterocycles. The fourth-order valence-electron chi connectivity index (χ4n) is 1.83. The van der Waals surface area contributed by atoms with E-state index in [0.29, 0.717) is 11.7 Å². The van der Waals surface area contributed by atoms with Gasteiger partial charge in [0.25, 0.3) is 0 Å². The molecular weight excluding hydrogens is 258 g/mol. The Kier molecular flexibility index (Phi) is 3.42. The second-order valence-electron chi connectivity index (χ2n) is 4.48. The molecule has 2 heterocycles. The van der Waals surface area contributed by atoms with Crippen LogP contribution in [0.5, 0.6) is 0 Å². The molecule has 0 radical (unpaired) electrons. The van der Waals surface area contributed by atoms with E-state index in [2.05, 4.69) is 10.3 Å². The summed E-state index contributed by atoms with van der Waals surface area (Å²) in [6.07, 6.45) is 0. The number of anilines is 1. The van der Waals surface area contributed by atoms with Crippen LogP contribution in [-0.2, 0) is 10.0 Å². The van der Waals surface area contributed by atoms with Crippen LogP contribution >= 0.6 is 11.3 Å². The third kappa shape index (κ3) is 2.46. The van der Waals surface area contributed by atoms with Gasteiger partial charge in [-0.25, -0.2) is 17.7 Å². The van der Waals surface area contributed by atoms with E-state index >= 15 is 0 Å². The number of aromatic nitrogens is 1. The van der Waals surface area contributed by atoms with Crippen LogP contribution in [0, 0.1) is 5.92 Å². The molecule has 0 aromatic carbocycles. The van der Waals surface area contributed by atoms with Gasteiger partial charge in [-0.05, 0) is 19.9 Å². The van der Waals surface area contributed by atoms with Crippen LogP contribution in [0.15, 0.2) is 5.38 Å². The van der Waals surface area contributed by atoms with Crippen molar-refractivity contribution in [3.8, 4) is 0 Å². The first-order chi connectivity index (χ1) is 7.94. The maximum atomic E-state index is 11.9. The maximum absolute atomic E-state index is 11.9. The van der Waals surface area contributed by atoms with Crippen LogP contribution in [0.25, 0.3) is 0 Å². The molecule has 7 heteroatoms. The highest BCUT2D eigenvalue weighted by Gasteiger charge is 2.35. The molecule has 0 amide bonds. The van der Waals surface area contributed by atoms with Gasteiger partial charge in [0.05, 0.1) is 11.4 Å². The number of nitrogens with zero attached hydrogens (tertiary/aromatic N) is 2. The summed E-state index contributed by atoms with van der Waals surface area (Å²) in [5.41, 5.74) is 0.891. The normalized spacial score (nSPS) is 25.1. The molecule has 96 valence electrons. The molecule has 0 saturated carbocycles. The zero-order valence-corrected chi connectivity index (χ0v) is 11.8. The lowest BCUT2D eigenvalue weighted by atomic mass is 10.2. The lowest BCUT2D eigenvalue weighted by molar-refractivity contribution is 0.597. The number of hydrogen-bond acceptors (Lipinski definition) is 5. The quantitative estimate of drug-likeness (QED) is 0.900. The van der Waals surface area contributed by atoms with E-state index in [1.54, 1.807) is 0 Å². The Morgan fingerprint density at radius 1 is 1.65 bits per heavy atom. The molecule has 1 aliphatic heterocycles. The summed E-state index contributed by atoms with van der Waals surface area (Å²) in [4.78, 5) is 4.40. The molecule has 5 nitrogen and oxygen atoms in total. The van der Waals surface area contributed by atoms with Gasteiger partial charge in [0, 0.05) is 18.0 Å². The highest BCUT2D eigenvalue weighted by molar-refractivity contribution is 7.93. The lowest BCUT2D eigenvalue weighted by Gasteiger charge is -2.13. The highest BCUT2D eigenvalue weighted by atomic mass is 32.2. The highest BCUT2D eigenvalue weighted by Crippen LogP contribution is 2.30. The summed E-state index contributed by atoms with van der Waals surface area (Å²) in [6, 6.07) is 0.141. The van der Waals surface area contributed by atoms with Crippen molar-refractivity contribution in [3.63, 3.8) is 0 Å². The van der Waals surface area contributed by atoms with E-state index in [4.69, 9.17) is 0 Å². The van der Waals surface area contributed by atoms with Crippen molar-refractivity contribution in [1.29, 1.82) is 0 Å². The molecular formula is C10H17N3O2S2. The van der Waals surface area contributed by atoms with Crippen LogP contribution in [-0.4, -0.2) is 32.7 Å². The topological polar surface area (TPSA) is 62.3 Å². The summed E-state index contributed by atoms with van der Waals surface area (Å²) in [6.45, 7) is 4.49. The van der Waals surface area contributed by atoms with Gasteiger partial charge in [0.1, 0.15) is 0 Å². The van der Waals surface area contributed by atoms with Crippen LogP contribution in [0.1, 0.15) is 25.6 Å². The zero-order valence-electron chi connectivity index (χ0n) is 10.2. The van der Waals surface area contributed by atoms with Crippen LogP contribution < -0.4 is 9.62 Å². The van der Waals surface area contributed by atoms with Gasteiger partial charge in [-0.1, -0.05) is 6.92 Å². The van der Waals surface area contributed by atoms with E-state index < -0.39 is 10.0 Å².